The van der Waals surface area contributed by atoms with Gasteiger partial charge in [-0.25, -0.2) is 0 Å². The van der Waals surface area contributed by atoms with E-state index in [1.54, 1.807) is 20.8 Å². The lowest BCUT2D eigenvalue weighted by Crippen LogP contribution is -2.35. The highest BCUT2D eigenvalue weighted by atomic mass is 16.2. The maximum absolute atomic E-state index is 11.1. The molecule has 0 radical (unpaired) electrons. The molecule has 3 amide bonds. The summed E-state index contributed by atoms with van der Waals surface area (Å²) in [5, 5.41) is 0. The number of carbonyl (C=O) groups is 3. The second-order valence-corrected chi connectivity index (χ2v) is 21.0. The van der Waals surface area contributed by atoms with Gasteiger partial charge in [-0.2, -0.15) is 0 Å². The summed E-state index contributed by atoms with van der Waals surface area (Å²) in [6.07, 6.45) is 12.6. The van der Waals surface area contributed by atoms with Gasteiger partial charge in [0.15, 0.2) is 0 Å². The summed E-state index contributed by atoms with van der Waals surface area (Å²) >= 11 is 0. The van der Waals surface area contributed by atoms with Gasteiger partial charge in [0.2, 0.25) is 17.7 Å². The van der Waals surface area contributed by atoms with E-state index in [1.807, 2.05) is 14.7 Å². The van der Waals surface area contributed by atoms with E-state index in [4.69, 9.17) is 0 Å². The molecule has 0 aliphatic carbocycles. The fourth-order valence-electron chi connectivity index (χ4n) is 11.9. The molecule has 6 aliphatic heterocycles. The van der Waals surface area contributed by atoms with Gasteiger partial charge in [0.05, 0.1) is 0 Å². The maximum atomic E-state index is 11.1. The molecule has 372 valence electrons. The van der Waals surface area contributed by atoms with Crippen LogP contribution >= 0.6 is 0 Å². The van der Waals surface area contributed by atoms with E-state index in [1.165, 1.54) is 97.2 Å². The third kappa shape index (κ3) is 19.6. The monoisotopic (exact) mass is 889 g/mol. The second-order valence-electron chi connectivity index (χ2n) is 21.0. The Morgan fingerprint density at radius 1 is 0.429 bits per heavy atom. The Morgan fingerprint density at radius 3 is 1.27 bits per heavy atom. The molecule has 63 heavy (non-hydrogen) atoms. The van der Waals surface area contributed by atoms with Crippen LogP contribution in [0.25, 0.3) is 0 Å². The molecule has 6 rings (SSSR count). The minimum absolute atomic E-state index is 0.229. The summed E-state index contributed by atoms with van der Waals surface area (Å²) in [6.45, 7) is 51.9. The summed E-state index contributed by atoms with van der Waals surface area (Å²) in [5.41, 5.74) is 0. The number of hydrogen-bond donors (Lipinski definition) is 0. The average Bonchev–Trinajstić information content (AvgIpc) is 4.13. The molecule has 0 aromatic carbocycles. The van der Waals surface area contributed by atoms with Gasteiger partial charge in [-0.1, -0.05) is 117 Å². The summed E-state index contributed by atoms with van der Waals surface area (Å²) in [7, 11) is 0. The zero-order chi connectivity index (χ0) is 48.0. The van der Waals surface area contributed by atoms with Gasteiger partial charge in [0, 0.05) is 90.8 Å². The summed E-state index contributed by atoms with van der Waals surface area (Å²) in [4.78, 5) is 46.9. The van der Waals surface area contributed by atoms with Crippen LogP contribution in [0.4, 0.5) is 0 Å². The minimum Gasteiger partial charge on any atom is -0.342 e. The molecule has 6 saturated heterocycles. The Kier molecular flexibility index (Phi) is 29.5. The molecule has 6 fully saturated rings. The van der Waals surface area contributed by atoms with Gasteiger partial charge in [0.1, 0.15) is 0 Å². The van der Waals surface area contributed by atoms with Crippen molar-refractivity contribution in [3.63, 3.8) is 0 Å². The number of hydrogen-bond acceptors (Lipinski definition) is 6. The zero-order valence-corrected chi connectivity index (χ0v) is 45.2. The number of rotatable bonds is 9. The van der Waals surface area contributed by atoms with Gasteiger partial charge in [-0.05, 0) is 125 Å². The highest BCUT2D eigenvalue weighted by Crippen LogP contribution is 2.29. The van der Waals surface area contributed by atoms with E-state index in [0.29, 0.717) is 29.8 Å². The average molecular weight is 889 g/mol. The van der Waals surface area contributed by atoms with E-state index < -0.39 is 0 Å². The Balaban J connectivity index is 0.000000378. The Hall–Kier alpha value is -1.71. The van der Waals surface area contributed by atoms with Crippen LogP contribution in [0.2, 0.25) is 0 Å². The van der Waals surface area contributed by atoms with E-state index in [9.17, 15) is 14.4 Å². The molecule has 0 aromatic heterocycles. The van der Waals surface area contributed by atoms with Crippen LogP contribution in [-0.4, -0.2) is 143 Å². The van der Waals surface area contributed by atoms with Crippen molar-refractivity contribution in [3.05, 3.63) is 0 Å². The molecule has 0 bridgehead atoms. The van der Waals surface area contributed by atoms with Crippen molar-refractivity contribution in [2.75, 3.05) is 72.0 Å². The first-order valence-corrected chi connectivity index (χ1v) is 26.8. The molecule has 9 heteroatoms. The quantitative estimate of drug-likeness (QED) is 0.230. The van der Waals surface area contributed by atoms with Crippen molar-refractivity contribution in [3.8, 4) is 0 Å². The van der Waals surface area contributed by atoms with Gasteiger partial charge in [-0.3, -0.25) is 14.4 Å². The van der Waals surface area contributed by atoms with Crippen LogP contribution in [-0.2, 0) is 14.4 Å². The topological polar surface area (TPSA) is 70.7 Å². The molecule has 6 heterocycles. The molecule has 12 unspecified atom stereocenters. The number of likely N-dealkylation sites (tertiary alicyclic amines) is 6. The van der Waals surface area contributed by atoms with E-state index in [0.717, 1.165) is 80.7 Å². The molecular weight excluding hydrogens is 781 g/mol. The molecule has 0 spiro atoms. The fraction of sp³-hybridized carbons (Fsp3) is 0.944. The van der Waals surface area contributed by atoms with Crippen LogP contribution in [0.15, 0.2) is 0 Å². The Morgan fingerprint density at radius 2 is 0.921 bits per heavy atom. The number of nitrogens with zero attached hydrogens (tertiary/aromatic N) is 6. The van der Waals surface area contributed by atoms with E-state index in [2.05, 4.69) is 119 Å². The van der Waals surface area contributed by atoms with Crippen molar-refractivity contribution in [2.24, 2.45) is 47.3 Å². The summed E-state index contributed by atoms with van der Waals surface area (Å²) < 4.78 is 0. The molecule has 0 aromatic rings. The molecule has 0 saturated carbocycles. The molecule has 6 aliphatic rings. The fourth-order valence-corrected chi connectivity index (χ4v) is 11.9. The zero-order valence-electron chi connectivity index (χ0n) is 45.2. The van der Waals surface area contributed by atoms with Crippen LogP contribution in [0.1, 0.15) is 189 Å². The van der Waals surface area contributed by atoms with Gasteiger partial charge in [-0.15, -0.1) is 0 Å². The number of carbonyl (C=O) groups excluding carboxylic acids is 3. The molecule has 9 nitrogen and oxygen atoms in total. The normalized spacial score (nSPS) is 33.0. The lowest BCUT2D eigenvalue weighted by Gasteiger charge is -2.24. The van der Waals surface area contributed by atoms with Gasteiger partial charge in [0.25, 0.3) is 0 Å². The predicted molar refractivity (Wildman–Crippen MR) is 271 cm³/mol. The van der Waals surface area contributed by atoms with Gasteiger partial charge < -0.3 is 29.4 Å². The first-order valence-electron chi connectivity index (χ1n) is 26.8. The van der Waals surface area contributed by atoms with Crippen molar-refractivity contribution >= 4 is 17.7 Å². The first kappa shape index (κ1) is 59.3. The van der Waals surface area contributed by atoms with Crippen LogP contribution in [0.5, 0.6) is 0 Å². The molecular formula is C54H108N6O3. The smallest absolute Gasteiger partial charge is 0.219 e. The third-order valence-electron chi connectivity index (χ3n) is 16.2. The first-order chi connectivity index (χ1) is 29.8. The molecule has 12 atom stereocenters. The standard InChI is InChI=1S/3C9H17NO.3C9H19N/c1-4-9-6-10(8(3)11)5-7(9)2;1-4-9-5-7(2)6-10(9)8(3)11;1-4-9-7(2)5-6-10(9)8(3)11;1-4-9-7-10(5-2)6-8(9)3;1-4-9-6-8(3)7-10(9)5-2;1-4-9-8(3)6-7-10(9)5-2/h3*7,9H,4-6H2,1-3H3;3*8-9H,4-7H2,1-3H3. The third-order valence-corrected chi connectivity index (χ3v) is 16.2. The summed E-state index contributed by atoms with van der Waals surface area (Å²) in [5.74, 6) is 7.31. The van der Waals surface area contributed by atoms with Crippen LogP contribution < -0.4 is 0 Å². The van der Waals surface area contributed by atoms with E-state index >= 15 is 0 Å². The van der Waals surface area contributed by atoms with E-state index in [-0.39, 0.29) is 17.7 Å². The largest absolute Gasteiger partial charge is 0.342 e. The van der Waals surface area contributed by atoms with Crippen LogP contribution in [0, 0.1) is 47.3 Å². The van der Waals surface area contributed by atoms with Crippen LogP contribution in [0.3, 0.4) is 0 Å². The van der Waals surface area contributed by atoms with Gasteiger partial charge >= 0.3 is 0 Å². The van der Waals surface area contributed by atoms with Crippen molar-refractivity contribution in [1.29, 1.82) is 0 Å². The van der Waals surface area contributed by atoms with Crippen molar-refractivity contribution < 1.29 is 14.4 Å². The lowest BCUT2D eigenvalue weighted by atomic mass is 9.96. The molecule has 0 N–H and O–H groups in total. The number of amides is 3. The van der Waals surface area contributed by atoms with Crippen molar-refractivity contribution in [1.82, 2.24) is 29.4 Å². The highest BCUT2D eigenvalue weighted by Gasteiger charge is 2.33. The Bertz CT molecular complexity index is 1220. The Labute approximate surface area is 392 Å². The highest BCUT2D eigenvalue weighted by molar-refractivity contribution is 5.74. The lowest BCUT2D eigenvalue weighted by molar-refractivity contribution is -0.130. The summed E-state index contributed by atoms with van der Waals surface area (Å²) in [6, 6.07) is 2.79. The SMILES string of the molecule is CCC1C(C)CCN1C(C)=O.CCC1C(C)CCN1CC.CCC1CC(C)CN1C(C)=O.CCC1CC(C)CN1CC.CCC1CN(C(C)=O)CC1C.CCC1CN(CC)CC1C. The minimum atomic E-state index is 0.229. The van der Waals surface area contributed by atoms with Crippen molar-refractivity contribution in [2.45, 2.75) is 213 Å². The maximum Gasteiger partial charge on any atom is 0.219 e. The predicted octanol–water partition coefficient (Wildman–Crippen LogP) is 11.1. The second kappa shape index (κ2) is 31.3.